The molecule has 1 amide bonds. The van der Waals surface area contributed by atoms with Crippen LogP contribution in [0.15, 0.2) is 71.5 Å². The van der Waals surface area contributed by atoms with E-state index in [2.05, 4.69) is 10.3 Å². The van der Waals surface area contributed by atoms with Crippen molar-refractivity contribution < 1.29 is 14.7 Å². The monoisotopic (exact) mass is 507 g/mol. The molecule has 0 saturated carbocycles. The third-order valence-corrected chi connectivity index (χ3v) is 6.29. The average Bonchev–Trinajstić information content (AvgIpc) is 3.48. The van der Waals surface area contributed by atoms with Crippen LogP contribution in [0.25, 0.3) is 28.0 Å². The first kappa shape index (κ1) is 25.2. The molecule has 2 aromatic carbocycles. The molecule has 1 aliphatic rings. The number of rotatable bonds is 6. The van der Waals surface area contributed by atoms with E-state index in [4.69, 9.17) is 5.11 Å². The molecule has 9 nitrogen and oxygen atoms in total. The minimum atomic E-state index is -1.11. The van der Waals surface area contributed by atoms with Gasteiger partial charge in [0.15, 0.2) is 5.65 Å². The van der Waals surface area contributed by atoms with E-state index < -0.39 is 18.4 Å². The highest BCUT2D eigenvalue weighted by Gasteiger charge is 2.26. The summed E-state index contributed by atoms with van der Waals surface area (Å²) in [6.07, 6.45) is 0.769. The molecule has 3 heterocycles. The van der Waals surface area contributed by atoms with Crippen LogP contribution in [-0.2, 0) is 4.79 Å². The fourth-order valence-corrected chi connectivity index (χ4v) is 4.56. The normalized spacial score (nSPS) is 15.0. The van der Waals surface area contributed by atoms with Crippen molar-refractivity contribution in [2.24, 2.45) is 0 Å². The number of pyridine rings is 1. The molecule has 36 heavy (non-hydrogen) atoms. The minimum absolute atomic E-state index is 0. The van der Waals surface area contributed by atoms with Crippen molar-refractivity contribution in [1.29, 1.82) is 0 Å². The van der Waals surface area contributed by atoms with Crippen molar-refractivity contribution in [2.75, 3.05) is 26.7 Å². The summed E-state index contributed by atoms with van der Waals surface area (Å²) in [6, 6.07) is 20.9. The second-order valence-electron chi connectivity index (χ2n) is 8.64. The Labute approximate surface area is 213 Å². The van der Waals surface area contributed by atoms with E-state index in [0.29, 0.717) is 23.4 Å². The zero-order chi connectivity index (χ0) is 24.5. The maximum absolute atomic E-state index is 13.7. The van der Waals surface area contributed by atoms with E-state index in [0.717, 1.165) is 29.0 Å². The number of nitrogens with one attached hydrogen (secondary N) is 1. The fraction of sp³-hybridized carbons (Fsp3) is 0.231. The van der Waals surface area contributed by atoms with Crippen molar-refractivity contribution in [2.45, 2.75) is 12.5 Å². The van der Waals surface area contributed by atoms with E-state index in [1.807, 2.05) is 54.6 Å². The topological polar surface area (TPSA) is 109 Å². The standard InChI is InChI=1S/C26H25N5O4.ClH/c1-29(16-23(32)33)25(34)21-11-12-22-24(28-21)31(20-13-14-27-15-20)26(35)30(22)19-9-7-18(8-10-19)17-5-3-2-4-6-17;/h2-12,20,27H,13-16H2,1H3,(H,32,33);1H/t20-;/m0./s1. The molecule has 0 unspecified atom stereocenters. The van der Waals surface area contributed by atoms with Crippen LogP contribution in [0.3, 0.4) is 0 Å². The van der Waals surface area contributed by atoms with Gasteiger partial charge in [-0.05, 0) is 48.4 Å². The average molecular weight is 508 g/mol. The van der Waals surface area contributed by atoms with Crippen molar-refractivity contribution in [3.05, 3.63) is 82.9 Å². The summed E-state index contributed by atoms with van der Waals surface area (Å²) >= 11 is 0. The number of aromatic nitrogens is 3. The van der Waals surface area contributed by atoms with E-state index in [1.165, 1.54) is 13.1 Å². The van der Waals surface area contributed by atoms with Crippen LogP contribution < -0.4 is 11.0 Å². The maximum atomic E-state index is 13.7. The molecule has 2 aromatic heterocycles. The van der Waals surface area contributed by atoms with Crippen molar-refractivity contribution in [3.63, 3.8) is 0 Å². The highest BCUT2D eigenvalue weighted by molar-refractivity contribution is 5.95. The second-order valence-corrected chi connectivity index (χ2v) is 8.64. The number of hydrogen-bond donors (Lipinski definition) is 2. The number of amides is 1. The number of benzene rings is 2. The Balaban J connectivity index is 0.00000304. The number of carboxylic acids is 1. The lowest BCUT2D eigenvalue weighted by atomic mass is 10.1. The smallest absolute Gasteiger partial charge is 0.335 e. The fourth-order valence-electron chi connectivity index (χ4n) is 4.56. The molecule has 0 radical (unpaired) electrons. The summed E-state index contributed by atoms with van der Waals surface area (Å²) < 4.78 is 3.26. The molecule has 4 aromatic rings. The Morgan fingerprint density at radius 3 is 2.39 bits per heavy atom. The van der Waals surface area contributed by atoms with Gasteiger partial charge in [0, 0.05) is 13.6 Å². The van der Waals surface area contributed by atoms with Gasteiger partial charge in [0.2, 0.25) is 0 Å². The molecule has 1 saturated heterocycles. The number of imidazole rings is 1. The molecule has 186 valence electrons. The lowest BCUT2D eigenvalue weighted by Crippen LogP contribution is -2.32. The first-order chi connectivity index (χ1) is 16.9. The molecule has 0 spiro atoms. The lowest BCUT2D eigenvalue weighted by Gasteiger charge is -2.14. The van der Waals surface area contributed by atoms with E-state index in [9.17, 15) is 14.4 Å². The van der Waals surface area contributed by atoms with Gasteiger partial charge in [-0.25, -0.2) is 9.78 Å². The number of hydrogen-bond acceptors (Lipinski definition) is 5. The number of nitrogens with zero attached hydrogens (tertiary/aromatic N) is 4. The zero-order valence-corrected chi connectivity index (χ0v) is 20.4. The Morgan fingerprint density at radius 2 is 1.75 bits per heavy atom. The lowest BCUT2D eigenvalue weighted by molar-refractivity contribution is -0.137. The Kier molecular flexibility index (Phi) is 7.23. The molecule has 0 bridgehead atoms. The Morgan fingerprint density at radius 1 is 1.06 bits per heavy atom. The van der Waals surface area contributed by atoms with Gasteiger partial charge in [-0.1, -0.05) is 42.5 Å². The molecule has 1 aliphatic heterocycles. The van der Waals surface area contributed by atoms with Crippen LogP contribution in [0.4, 0.5) is 0 Å². The van der Waals surface area contributed by atoms with Crippen LogP contribution in [0.1, 0.15) is 23.0 Å². The van der Waals surface area contributed by atoms with Crippen molar-refractivity contribution in [3.8, 4) is 16.8 Å². The van der Waals surface area contributed by atoms with Gasteiger partial charge in [-0.3, -0.25) is 18.7 Å². The predicted molar refractivity (Wildman–Crippen MR) is 139 cm³/mol. The van der Waals surface area contributed by atoms with Crippen LogP contribution >= 0.6 is 12.4 Å². The van der Waals surface area contributed by atoms with Crippen LogP contribution in [0, 0.1) is 0 Å². The van der Waals surface area contributed by atoms with Crippen molar-refractivity contribution >= 4 is 35.4 Å². The number of likely N-dealkylation sites (N-methyl/N-ethyl adjacent to an activating group) is 1. The molecular formula is C26H26ClN5O4. The number of halogens is 1. The molecule has 2 N–H and O–H groups in total. The first-order valence-electron chi connectivity index (χ1n) is 11.4. The molecular weight excluding hydrogens is 482 g/mol. The Hall–Kier alpha value is -3.95. The van der Waals surface area contributed by atoms with E-state index in [-0.39, 0.29) is 29.8 Å². The number of carboxylic acid groups (broad SMARTS) is 1. The zero-order valence-electron chi connectivity index (χ0n) is 19.6. The highest BCUT2D eigenvalue weighted by Crippen LogP contribution is 2.25. The number of fused-ring (bicyclic) bond motifs is 1. The highest BCUT2D eigenvalue weighted by atomic mass is 35.5. The molecule has 0 aliphatic carbocycles. The summed E-state index contributed by atoms with van der Waals surface area (Å²) in [6.45, 7) is 0.979. The van der Waals surface area contributed by atoms with Gasteiger partial charge in [0.1, 0.15) is 12.2 Å². The quantitative estimate of drug-likeness (QED) is 0.415. The summed E-state index contributed by atoms with van der Waals surface area (Å²) in [5.74, 6) is -1.63. The minimum Gasteiger partial charge on any atom is -0.480 e. The van der Waals surface area contributed by atoms with Crippen molar-refractivity contribution in [1.82, 2.24) is 24.3 Å². The number of aliphatic carboxylic acids is 1. The molecule has 10 heteroatoms. The molecule has 1 atom stereocenters. The predicted octanol–water partition coefficient (Wildman–Crippen LogP) is 2.97. The summed E-state index contributed by atoms with van der Waals surface area (Å²) in [4.78, 5) is 43.1. The van der Waals surface area contributed by atoms with Crippen LogP contribution in [0.5, 0.6) is 0 Å². The number of carbonyl (C=O) groups excluding carboxylic acids is 1. The maximum Gasteiger partial charge on any atom is 0.335 e. The van der Waals surface area contributed by atoms with Gasteiger partial charge in [0.25, 0.3) is 5.91 Å². The third-order valence-electron chi connectivity index (χ3n) is 6.29. The largest absolute Gasteiger partial charge is 0.480 e. The SMILES string of the molecule is CN(CC(=O)O)C(=O)c1ccc2c(n1)n([C@H]1CCNC1)c(=O)n2-c1ccc(-c2ccccc2)cc1.Cl. The van der Waals surface area contributed by atoms with Gasteiger partial charge >= 0.3 is 11.7 Å². The van der Waals surface area contributed by atoms with E-state index >= 15 is 0 Å². The number of carbonyl (C=O) groups is 2. The summed E-state index contributed by atoms with van der Waals surface area (Å²) in [5.41, 5.74) is 3.69. The van der Waals surface area contributed by atoms with Gasteiger partial charge < -0.3 is 15.3 Å². The summed E-state index contributed by atoms with van der Waals surface area (Å²) in [5, 5.41) is 12.3. The van der Waals surface area contributed by atoms with Gasteiger partial charge in [-0.15, -0.1) is 12.4 Å². The summed E-state index contributed by atoms with van der Waals surface area (Å²) in [7, 11) is 1.41. The third kappa shape index (κ3) is 4.62. The van der Waals surface area contributed by atoms with Gasteiger partial charge in [-0.2, -0.15) is 0 Å². The van der Waals surface area contributed by atoms with Gasteiger partial charge in [0.05, 0.1) is 17.2 Å². The first-order valence-corrected chi connectivity index (χ1v) is 11.4. The molecule has 1 fully saturated rings. The van der Waals surface area contributed by atoms with E-state index in [1.54, 1.807) is 15.2 Å². The Bertz CT molecular complexity index is 1460. The van der Waals surface area contributed by atoms with Crippen LogP contribution in [0.2, 0.25) is 0 Å². The van der Waals surface area contributed by atoms with Crippen LogP contribution in [-0.4, -0.2) is 62.7 Å². The second kappa shape index (κ2) is 10.3. The molecule has 5 rings (SSSR count).